The minimum absolute atomic E-state index is 0.00289. The molecule has 2 N–H and O–H groups in total. The first-order valence-corrected chi connectivity index (χ1v) is 14.0. The summed E-state index contributed by atoms with van der Waals surface area (Å²) < 4.78 is 24.1. The number of hydrogen-bond donors (Lipinski definition) is 1. The maximum atomic E-state index is 13.0. The predicted octanol–water partition coefficient (Wildman–Crippen LogP) is 7.83. The second-order valence-corrected chi connectivity index (χ2v) is 11.0. The molecule has 1 aliphatic heterocycles. The monoisotopic (exact) mass is 620 g/mol. The Balaban J connectivity index is 1.24. The van der Waals surface area contributed by atoms with Gasteiger partial charge in [0.2, 0.25) is 11.6 Å². The molecule has 2 heterocycles. The van der Waals surface area contributed by atoms with Crippen molar-refractivity contribution in [2.75, 3.05) is 0 Å². The molecule has 0 saturated heterocycles. The van der Waals surface area contributed by atoms with Crippen molar-refractivity contribution in [1.82, 2.24) is 0 Å². The zero-order valence-corrected chi connectivity index (χ0v) is 24.4. The lowest BCUT2D eigenvalue weighted by molar-refractivity contribution is 0.0702. The number of aryl methyl sites for hydroxylation is 2. The number of fused-ring (bicyclic) bond motifs is 2. The van der Waals surface area contributed by atoms with Gasteiger partial charge in [-0.25, -0.2) is 4.79 Å². The van der Waals surface area contributed by atoms with Crippen LogP contribution in [0.5, 0.6) is 17.2 Å². The first-order valence-electron chi connectivity index (χ1n) is 13.2. The van der Waals surface area contributed by atoms with Gasteiger partial charge in [-0.15, -0.1) is 0 Å². The number of hydrogen-bond acceptors (Lipinski definition) is 7. The molecule has 1 aliphatic rings. The van der Waals surface area contributed by atoms with E-state index in [2.05, 4.69) is 34.1 Å². The summed E-state index contributed by atoms with van der Waals surface area (Å²) in [7, 11) is 0. The normalized spacial score (nSPS) is 14.2. The topological polar surface area (TPSA) is 108 Å². The van der Waals surface area contributed by atoms with Gasteiger partial charge in [0.1, 0.15) is 41.1 Å². The zero-order chi connectivity index (χ0) is 29.4. The smallest absolute Gasteiger partial charge is 0.379 e. The summed E-state index contributed by atoms with van der Waals surface area (Å²) in [6.45, 7) is 4.30. The third-order valence-corrected chi connectivity index (χ3v) is 7.72. The highest BCUT2D eigenvalue weighted by Gasteiger charge is 2.31. The summed E-state index contributed by atoms with van der Waals surface area (Å²) in [5, 5.41) is 10.8. The van der Waals surface area contributed by atoms with Gasteiger partial charge in [0.25, 0.3) is 0 Å². The fourth-order valence-electron chi connectivity index (χ4n) is 5.00. The molecular weight excluding hydrogens is 596 g/mol. The Kier molecular flexibility index (Phi) is 7.19. The number of furan rings is 1. The summed E-state index contributed by atoms with van der Waals surface area (Å²) in [6, 6.07) is 28.5. The van der Waals surface area contributed by atoms with Crippen LogP contribution in [0, 0.1) is 25.2 Å². The molecule has 1 unspecified atom stereocenters. The molecule has 0 spiro atoms. The minimum atomic E-state index is -0.630. The Morgan fingerprint density at radius 3 is 2.45 bits per heavy atom. The Hall–Kier alpha value is -5.00. The van der Waals surface area contributed by atoms with Crippen molar-refractivity contribution in [3.8, 4) is 23.3 Å². The molecule has 0 radical (unpaired) electrons. The molecule has 208 valence electrons. The maximum absolute atomic E-state index is 13.0. The van der Waals surface area contributed by atoms with E-state index in [1.807, 2.05) is 62.4 Å². The van der Waals surface area contributed by atoms with E-state index < -0.39 is 11.9 Å². The third kappa shape index (κ3) is 5.22. The number of carbonyl (C=O) groups excluding carboxylic acids is 1. The molecule has 0 aliphatic carbocycles. The molecule has 0 bridgehead atoms. The molecule has 0 fully saturated rings. The van der Waals surface area contributed by atoms with Gasteiger partial charge in [0, 0.05) is 27.1 Å². The van der Waals surface area contributed by atoms with E-state index in [-0.39, 0.29) is 17.4 Å². The van der Waals surface area contributed by atoms with Crippen LogP contribution in [-0.2, 0) is 6.61 Å². The van der Waals surface area contributed by atoms with Crippen LogP contribution in [0.4, 0.5) is 0 Å². The van der Waals surface area contributed by atoms with Crippen LogP contribution in [-0.4, -0.2) is 5.97 Å². The molecule has 0 amide bonds. The first-order chi connectivity index (χ1) is 20.3. The van der Waals surface area contributed by atoms with Gasteiger partial charge in [-0.1, -0.05) is 64.0 Å². The standard InChI is InChI=1S/C34H25BrN2O5/c1-19-3-5-21(6-4-19)18-39-24-10-7-22(8-11-24)31-27-14-12-25(16-30(27)42-33(37)28(31)17-36)40-34(38)32-20(2)26-13-9-23(35)15-29(26)41-32/h3-16,31H,18,37H2,1-2H3. The number of benzene rings is 4. The van der Waals surface area contributed by atoms with Gasteiger partial charge in [0.05, 0.1) is 5.92 Å². The van der Waals surface area contributed by atoms with Crippen molar-refractivity contribution in [1.29, 1.82) is 5.26 Å². The molecule has 1 atom stereocenters. The van der Waals surface area contributed by atoms with E-state index >= 15 is 0 Å². The molecule has 6 rings (SSSR count). The summed E-state index contributed by atoms with van der Waals surface area (Å²) in [5.74, 6) is 0.378. The van der Waals surface area contributed by atoms with Crippen LogP contribution < -0.4 is 19.9 Å². The van der Waals surface area contributed by atoms with Gasteiger partial charge < -0.3 is 24.4 Å². The van der Waals surface area contributed by atoms with Crippen LogP contribution in [0.25, 0.3) is 11.0 Å². The Labute approximate surface area is 250 Å². The van der Waals surface area contributed by atoms with Crippen LogP contribution in [0.1, 0.15) is 44.3 Å². The molecule has 5 aromatic rings. The van der Waals surface area contributed by atoms with Crippen molar-refractivity contribution in [3.63, 3.8) is 0 Å². The fourth-order valence-corrected chi connectivity index (χ4v) is 5.34. The van der Waals surface area contributed by atoms with E-state index in [1.54, 1.807) is 24.3 Å². The summed E-state index contributed by atoms with van der Waals surface area (Å²) in [6.07, 6.45) is 0. The van der Waals surface area contributed by atoms with Crippen molar-refractivity contribution < 1.29 is 23.4 Å². The Bertz CT molecular complexity index is 1900. The number of rotatable bonds is 6. The van der Waals surface area contributed by atoms with E-state index in [0.29, 0.717) is 34.8 Å². The number of carbonyl (C=O) groups is 1. The Morgan fingerprint density at radius 1 is 0.976 bits per heavy atom. The van der Waals surface area contributed by atoms with E-state index in [4.69, 9.17) is 24.4 Å². The molecule has 0 saturated carbocycles. The average molecular weight is 621 g/mol. The highest BCUT2D eigenvalue weighted by molar-refractivity contribution is 9.10. The fraction of sp³-hybridized carbons (Fsp3) is 0.118. The van der Waals surface area contributed by atoms with Crippen LogP contribution in [0.2, 0.25) is 0 Å². The lowest BCUT2D eigenvalue weighted by Crippen LogP contribution is -2.21. The second kappa shape index (κ2) is 11.1. The molecule has 4 aromatic carbocycles. The summed E-state index contributed by atoms with van der Waals surface area (Å²) in [5.41, 5.74) is 11.6. The summed E-state index contributed by atoms with van der Waals surface area (Å²) >= 11 is 3.42. The quantitative estimate of drug-likeness (QED) is 0.152. The summed E-state index contributed by atoms with van der Waals surface area (Å²) in [4.78, 5) is 13.0. The lowest BCUT2D eigenvalue weighted by atomic mass is 9.83. The number of halogens is 1. The third-order valence-electron chi connectivity index (χ3n) is 7.23. The van der Waals surface area contributed by atoms with Gasteiger partial charge in [-0.2, -0.15) is 5.26 Å². The van der Waals surface area contributed by atoms with Gasteiger partial charge >= 0.3 is 5.97 Å². The van der Waals surface area contributed by atoms with Gasteiger partial charge in [-0.3, -0.25) is 0 Å². The molecular formula is C34H25BrN2O5. The number of nitriles is 1. The van der Waals surface area contributed by atoms with Crippen LogP contribution in [0.3, 0.4) is 0 Å². The molecule has 8 heteroatoms. The number of nitrogens with two attached hydrogens (primary N) is 1. The second-order valence-electron chi connectivity index (χ2n) is 10.1. The molecule has 1 aromatic heterocycles. The largest absolute Gasteiger partial charge is 0.489 e. The molecule has 7 nitrogen and oxygen atoms in total. The van der Waals surface area contributed by atoms with Crippen molar-refractivity contribution in [3.05, 3.63) is 134 Å². The van der Waals surface area contributed by atoms with Gasteiger partial charge in [0.15, 0.2) is 0 Å². The number of esters is 1. The van der Waals surface area contributed by atoms with Crippen LogP contribution in [0.15, 0.2) is 105 Å². The minimum Gasteiger partial charge on any atom is -0.489 e. The predicted molar refractivity (Wildman–Crippen MR) is 161 cm³/mol. The van der Waals surface area contributed by atoms with Crippen LogP contribution >= 0.6 is 15.9 Å². The van der Waals surface area contributed by atoms with E-state index in [1.165, 1.54) is 5.56 Å². The average Bonchev–Trinajstić information content (AvgIpc) is 3.31. The van der Waals surface area contributed by atoms with E-state index in [9.17, 15) is 10.1 Å². The highest BCUT2D eigenvalue weighted by atomic mass is 79.9. The van der Waals surface area contributed by atoms with Crippen molar-refractivity contribution in [2.24, 2.45) is 5.73 Å². The Morgan fingerprint density at radius 2 is 1.71 bits per heavy atom. The number of ether oxygens (including phenoxy) is 3. The maximum Gasteiger partial charge on any atom is 0.379 e. The van der Waals surface area contributed by atoms with Crippen molar-refractivity contribution >= 4 is 32.9 Å². The van der Waals surface area contributed by atoms with Gasteiger partial charge in [-0.05, 0) is 61.4 Å². The molecule has 42 heavy (non-hydrogen) atoms. The lowest BCUT2D eigenvalue weighted by Gasteiger charge is -2.26. The highest BCUT2D eigenvalue weighted by Crippen LogP contribution is 2.44. The van der Waals surface area contributed by atoms with Crippen molar-refractivity contribution in [2.45, 2.75) is 26.4 Å². The number of nitrogens with zero attached hydrogens (tertiary/aromatic N) is 1. The zero-order valence-electron chi connectivity index (χ0n) is 22.8. The SMILES string of the molecule is Cc1ccc(COc2ccc(C3C(C#N)=C(N)Oc4cc(OC(=O)c5oc6cc(Br)ccc6c5C)ccc43)cc2)cc1. The number of allylic oxidation sites excluding steroid dienone is 1. The first kappa shape index (κ1) is 27.2. The van der Waals surface area contributed by atoms with E-state index in [0.717, 1.165) is 26.5 Å².